The molecule has 0 atom stereocenters. The number of hydrogen-bond donors (Lipinski definition) is 2. The van der Waals surface area contributed by atoms with Crippen LogP contribution in [0.25, 0.3) is 11.1 Å². The van der Waals surface area contributed by atoms with Crippen molar-refractivity contribution < 1.29 is 4.42 Å². The van der Waals surface area contributed by atoms with Crippen molar-refractivity contribution in [1.29, 1.82) is 0 Å². The number of oxazole rings is 1. The predicted octanol–water partition coefficient (Wildman–Crippen LogP) is 2.33. The molecule has 98 valence electrons. The number of nitrogen functional groups attached to an aromatic ring is 1. The Hall–Kier alpha value is -1.91. The van der Waals surface area contributed by atoms with E-state index < -0.39 is 5.76 Å². The van der Waals surface area contributed by atoms with E-state index in [9.17, 15) is 4.79 Å². The van der Waals surface area contributed by atoms with Crippen LogP contribution in [0.15, 0.2) is 21.3 Å². The number of H-pyrrole nitrogens is 1. The maximum Gasteiger partial charge on any atom is 0.417 e. The van der Waals surface area contributed by atoms with Crippen molar-refractivity contribution in [3.05, 3.63) is 22.7 Å². The molecular weight excluding hydrogens is 230 g/mol. The van der Waals surface area contributed by atoms with Gasteiger partial charge in [0.1, 0.15) is 0 Å². The SMILES string of the molecule is CCCCCN(C)c1cc2[nH]c(=O)oc2cc1N. The zero-order valence-corrected chi connectivity index (χ0v) is 10.8. The summed E-state index contributed by atoms with van der Waals surface area (Å²) in [5, 5.41) is 0. The van der Waals surface area contributed by atoms with Crippen LogP contribution in [0.5, 0.6) is 0 Å². The van der Waals surface area contributed by atoms with Crippen LogP contribution in [-0.4, -0.2) is 18.6 Å². The van der Waals surface area contributed by atoms with Gasteiger partial charge in [-0.3, -0.25) is 4.98 Å². The third-order valence-electron chi connectivity index (χ3n) is 3.08. The third-order valence-corrected chi connectivity index (χ3v) is 3.08. The fourth-order valence-electron chi connectivity index (χ4n) is 2.05. The normalized spacial score (nSPS) is 11.0. The van der Waals surface area contributed by atoms with E-state index in [0.717, 1.165) is 18.7 Å². The van der Waals surface area contributed by atoms with E-state index in [1.807, 2.05) is 13.1 Å². The number of nitrogens with zero attached hydrogens (tertiary/aromatic N) is 1. The number of anilines is 2. The van der Waals surface area contributed by atoms with Crippen molar-refractivity contribution in [2.75, 3.05) is 24.2 Å². The Labute approximate surface area is 106 Å². The number of nitrogens with one attached hydrogen (secondary N) is 1. The molecule has 0 saturated carbocycles. The molecule has 0 radical (unpaired) electrons. The maximum atomic E-state index is 11.1. The lowest BCUT2D eigenvalue weighted by molar-refractivity contribution is 0.555. The molecule has 0 aliphatic rings. The van der Waals surface area contributed by atoms with Crippen molar-refractivity contribution in [2.24, 2.45) is 0 Å². The predicted molar refractivity (Wildman–Crippen MR) is 74.0 cm³/mol. The summed E-state index contributed by atoms with van der Waals surface area (Å²) < 4.78 is 4.97. The molecule has 0 fully saturated rings. The van der Waals surface area contributed by atoms with Gasteiger partial charge in [0.2, 0.25) is 0 Å². The average molecular weight is 249 g/mol. The number of unbranched alkanes of at least 4 members (excludes halogenated alkanes) is 2. The van der Waals surface area contributed by atoms with Gasteiger partial charge < -0.3 is 15.1 Å². The van der Waals surface area contributed by atoms with Crippen LogP contribution in [0.2, 0.25) is 0 Å². The minimum absolute atomic E-state index is 0.449. The summed E-state index contributed by atoms with van der Waals surface area (Å²) in [5.74, 6) is -0.449. The lowest BCUT2D eigenvalue weighted by Gasteiger charge is -2.20. The molecule has 0 unspecified atom stereocenters. The second-order valence-electron chi connectivity index (χ2n) is 4.55. The van der Waals surface area contributed by atoms with E-state index >= 15 is 0 Å². The average Bonchev–Trinajstić information content (AvgIpc) is 2.67. The fraction of sp³-hybridized carbons (Fsp3) is 0.462. The molecular formula is C13H19N3O2. The minimum Gasteiger partial charge on any atom is -0.408 e. The zero-order valence-electron chi connectivity index (χ0n) is 10.8. The van der Waals surface area contributed by atoms with Gasteiger partial charge in [0.05, 0.1) is 16.9 Å². The number of aromatic nitrogens is 1. The van der Waals surface area contributed by atoms with Gasteiger partial charge in [0.15, 0.2) is 5.58 Å². The second-order valence-corrected chi connectivity index (χ2v) is 4.55. The van der Waals surface area contributed by atoms with Crippen LogP contribution >= 0.6 is 0 Å². The molecule has 3 N–H and O–H groups in total. The second kappa shape index (κ2) is 5.16. The summed E-state index contributed by atoms with van der Waals surface area (Å²) >= 11 is 0. The smallest absolute Gasteiger partial charge is 0.408 e. The van der Waals surface area contributed by atoms with Gasteiger partial charge in [-0.2, -0.15) is 0 Å². The highest BCUT2D eigenvalue weighted by Gasteiger charge is 2.10. The Bertz CT molecular complexity index is 585. The molecule has 2 rings (SSSR count). The molecule has 0 aliphatic heterocycles. The van der Waals surface area contributed by atoms with E-state index in [0.29, 0.717) is 16.8 Å². The lowest BCUT2D eigenvalue weighted by Crippen LogP contribution is -2.19. The molecule has 1 aromatic heterocycles. The molecule has 0 bridgehead atoms. The third kappa shape index (κ3) is 2.50. The van der Waals surface area contributed by atoms with Gasteiger partial charge in [0.25, 0.3) is 0 Å². The molecule has 0 saturated heterocycles. The molecule has 0 aliphatic carbocycles. The first-order valence-electron chi connectivity index (χ1n) is 6.25. The topological polar surface area (TPSA) is 75.3 Å². The van der Waals surface area contributed by atoms with Gasteiger partial charge in [-0.1, -0.05) is 19.8 Å². The zero-order chi connectivity index (χ0) is 13.1. The Balaban J connectivity index is 2.26. The number of benzene rings is 1. The Morgan fingerprint density at radius 3 is 2.89 bits per heavy atom. The number of hydrogen-bond acceptors (Lipinski definition) is 4. The highest BCUT2D eigenvalue weighted by Crippen LogP contribution is 2.27. The quantitative estimate of drug-likeness (QED) is 0.630. The molecule has 2 aromatic rings. The van der Waals surface area contributed by atoms with Crippen LogP contribution < -0.4 is 16.4 Å². The molecule has 18 heavy (non-hydrogen) atoms. The Morgan fingerprint density at radius 2 is 2.17 bits per heavy atom. The standard InChI is InChI=1S/C13H19N3O2/c1-3-4-5-6-16(2)11-8-10-12(7-9(11)14)18-13(17)15-10/h7-8H,3-6,14H2,1-2H3,(H,15,17). The maximum absolute atomic E-state index is 11.1. The molecule has 5 heteroatoms. The first-order chi connectivity index (χ1) is 8.61. The van der Waals surface area contributed by atoms with E-state index in [4.69, 9.17) is 10.2 Å². The lowest BCUT2D eigenvalue weighted by atomic mass is 10.2. The number of fused-ring (bicyclic) bond motifs is 1. The van der Waals surface area contributed by atoms with Gasteiger partial charge in [0, 0.05) is 19.7 Å². The molecule has 0 amide bonds. The number of nitrogens with two attached hydrogens (primary N) is 1. The van der Waals surface area contributed by atoms with Crippen molar-refractivity contribution in [3.8, 4) is 0 Å². The minimum atomic E-state index is -0.449. The molecule has 1 aromatic carbocycles. The van der Waals surface area contributed by atoms with Crippen LogP contribution in [-0.2, 0) is 0 Å². The number of aromatic amines is 1. The van der Waals surface area contributed by atoms with Crippen LogP contribution in [0, 0.1) is 0 Å². The van der Waals surface area contributed by atoms with Crippen LogP contribution in [0.1, 0.15) is 26.2 Å². The first kappa shape index (κ1) is 12.5. The summed E-state index contributed by atoms with van der Waals surface area (Å²) in [6, 6.07) is 3.56. The molecule has 5 nitrogen and oxygen atoms in total. The van der Waals surface area contributed by atoms with E-state index in [-0.39, 0.29) is 0 Å². The fourth-order valence-corrected chi connectivity index (χ4v) is 2.05. The van der Waals surface area contributed by atoms with Gasteiger partial charge >= 0.3 is 5.76 Å². The summed E-state index contributed by atoms with van der Waals surface area (Å²) in [4.78, 5) is 15.9. The molecule has 0 spiro atoms. The van der Waals surface area contributed by atoms with E-state index in [2.05, 4.69) is 16.8 Å². The number of rotatable bonds is 5. The van der Waals surface area contributed by atoms with Gasteiger partial charge in [-0.05, 0) is 12.5 Å². The van der Waals surface area contributed by atoms with Crippen molar-refractivity contribution in [2.45, 2.75) is 26.2 Å². The van der Waals surface area contributed by atoms with Crippen molar-refractivity contribution >= 4 is 22.5 Å². The molecule has 1 heterocycles. The van der Waals surface area contributed by atoms with Crippen molar-refractivity contribution in [3.63, 3.8) is 0 Å². The monoisotopic (exact) mass is 249 g/mol. The van der Waals surface area contributed by atoms with Crippen LogP contribution in [0.4, 0.5) is 11.4 Å². The largest absolute Gasteiger partial charge is 0.417 e. The Kier molecular flexibility index (Phi) is 3.60. The summed E-state index contributed by atoms with van der Waals surface area (Å²) in [6.45, 7) is 3.13. The summed E-state index contributed by atoms with van der Waals surface area (Å²) in [6.07, 6.45) is 3.53. The first-order valence-corrected chi connectivity index (χ1v) is 6.25. The highest BCUT2D eigenvalue weighted by molar-refractivity contribution is 5.85. The van der Waals surface area contributed by atoms with Gasteiger partial charge in [-0.15, -0.1) is 0 Å². The highest BCUT2D eigenvalue weighted by atomic mass is 16.4. The van der Waals surface area contributed by atoms with E-state index in [1.54, 1.807) is 6.07 Å². The summed E-state index contributed by atoms with van der Waals surface area (Å²) in [7, 11) is 2.01. The van der Waals surface area contributed by atoms with Gasteiger partial charge in [-0.25, -0.2) is 4.79 Å². The van der Waals surface area contributed by atoms with E-state index in [1.165, 1.54) is 12.8 Å². The Morgan fingerprint density at radius 1 is 1.39 bits per heavy atom. The van der Waals surface area contributed by atoms with Crippen molar-refractivity contribution in [1.82, 2.24) is 4.98 Å². The summed E-state index contributed by atoms with van der Waals surface area (Å²) in [5.41, 5.74) is 8.73. The van der Waals surface area contributed by atoms with Crippen LogP contribution in [0.3, 0.4) is 0 Å².